The van der Waals surface area contributed by atoms with E-state index in [1.54, 1.807) is 42.6 Å². The number of carbonyl (C=O) groups excluding carboxylic acids is 1. The van der Waals surface area contributed by atoms with Gasteiger partial charge in [0.25, 0.3) is 11.6 Å². The average Bonchev–Trinajstić information content (AvgIpc) is 3.30. The van der Waals surface area contributed by atoms with Crippen molar-refractivity contribution < 1.29 is 18.9 Å². The van der Waals surface area contributed by atoms with Crippen molar-refractivity contribution in [2.24, 2.45) is 0 Å². The molecule has 0 bridgehead atoms. The second-order valence-corrected chi connectivity index (χ2v) is 7.89. The zero-order valence-corrected chi connectivity index (χ0v) is 18.4. The number of oxazole rings is 1. The zero-order valence-electron chi connectivity index (χ0n) is 18.4. The Balaban J connectivity index is 1.37. The highest BCUT2D eigenvalue weighted by Gasteiger charge is 2.23. The summed E-state index contributed by atoms with van der Waals surface area (Å²) < 4.78 is 11.1. The van der Waals surface area contributed by atoms with Crippen molar-refractivity contribution in [2.45, 2.75) is 6.92 Å². The van der Waals surface area contributed by atoms with Crippen LogP contribution >= 0.6 is 0 Å². The van der Waals surface area contributed by atoms with Gasteiger partial charge in [0.15, 0.2) is 11.2 Å². The first-order valence-electron chi connectivity index (χ1n) is 10.7. The molecule has 172 valence electrons. The second-order valence-electron chi connectivity index (χ2n) is 7.89. The van der Waals surface area contributed by atoms with Crippen LogP contribution in [0.3, 0.4) is 0 Å². The summed E-state index contributed by atoms with van der Waals surface area (Å²) in [5.74, 6) is 0.00235. The lowest BCUT2D eigenvalue weighted by Gasteiger charge is -2.28. The van der Waals surface area contributed by atoms with Crippen molar-refractivity contribution in [3.63, 3.8) is 0 Å². The monoisotopic (exact) mass is 459 g/mol. The third kappa shape index (κ3) is 4.18. The minimum atomic E-state index is -0.461. The molecule has 1 aliphatic heterocycles. The number of rotatable bonds is 5. The second kappa shape index (κ2) is 8.91. The van der Waals surface area contributed by atoms with E-state index < -0.39 is 10.8 Å². The third-order valence-corrected chi connectivity index (χ3v) is 5.67. The predicted octanol–water partition coefficient (Wildman–Crippen LogP) is 4.20. The van der Waals surface area contributed by atoms with Gasteiger partial charge in [0, 0.05) is 42.2 Å². The van der Waals surface area contributed by atoms with Crippen LogP contribution in [0.4, 0.5) is 17.1 Å². The molecule has 0 atom stereocenters. The Hall–Kier alpha value is -4.31. The number of ether oxygens (including phenoxy) is 1. The van der Waals surface area contributed by atoms with Gasteiger partial charge in [-0.15, -0.1) is 0 Å². The fraction of sp³-hybridized carbons (Fsp3) is 0.208. The molecular weight excluding hydrogens is 438 g/mol. The van der Waals surface area contributed by atoms with Crippen LogP contribution in [-0.4, -0.2) is 47.1 Å². The molecule has 0 spiro atoms. The molecule has 0 saturated carbocycles. The Kier molecular flexibility index (Phi) is 5.64. The Bertz CT molecular complexity index is 1360. The molecule has 5 rings (SSSR count). The molecule has 34 heavy (non-hydrogen) atoms. The summed E-state index contributed by atoms with van der Waals surface area (Å²) in [6.07, 6.45) is 1.65. The summed E-state index contributed by atoms with van der Waals surface area (Å²) in [6.45, 7) is 4.00. The number of anilines is 2. The fourth-order valence-electron chi connectivity index (χ4n) is 3.91. The molecule has 0 aliphatic carbocycles. The summed E-state index contributed by atoms with van der Waals surface area (Å²) in [4.78, 5) is 34.6. The summed E-state index contributed by atoms with van der Waals surface area (Å²) in [5.41, 5.74) is 3.83. The Morgan fingerprint density at radius 2 is 1.97 bits per heavy atom. The highest BCUT2D eigenvalue weighted by Crippen LogP contribution is 2.31. The van der Waals surface area contributed by atoms with E-state index in [4.69, 9.17) is 9.15 Å². The van der Waals surface area contributed by atoms with E-state index in [2.05, 4.69) is 15.3 Å². The largest absolute Gasteiger partial charge is 0.434 e. The van der Waals surface area contributed by atoms with Gasteiger partial charge in [-0.3, -0.25) is 14.9 Å². The Labute approximate surface area is 194 Å². The van der Waals surface area contributed by atoms with Crippen LogP contribution in [0.5, 0.6) is 0 Å². The van der Waals surface area contributed by atoms with E-state index in [9.17, 15) is 14.9 Å². The van der Waals surface area contributed by atoms with Crippen LogP contribution in [0, 0.1) is 17.0 Å². The van der Waals surface area contributed by atoms with E-state index in [-0.39, 0.29) is 11.3 Å². The number of carbonyl (C=O) groups is 1. The maximum absolute atomic E-state index is 12.9. The number of benzene rings is 2. The van der Waals surface area contributed by atoms with Gasteiger partial charge in [-0.25, -0.2) is 4.98 Å². The van der Waals surface area contributed by atoms with Gasteiger partial charge in [0.2, 0.25) is 5.89 Å². The molecule has 2 aromatic heterocycles. The molecule has 1 fully saturated rings. The van der Waals surface area contributed by atoms with Crippen LogP contribution in [0.2, 0.25) is 0 Å². The lowest BCUT2D eigenvalue weighted by molar-refractivity contribution is -0.384. The maximum Gasteiger partial charge on any atom is 0.293 e. The number of aromatic nitrogens is 2. The van der Waals surface area contributed by atoms with Gasteiger partial charge >= 0.3 is 0 Å². The SMILES string of the molecule is Cc1cc(-c2nc3ncccc3o2)ccc1NC(=O)c1ccc(N2CCOCC2)c([N+](=O)[O-])c1. The highest BCUT2D eigenvalue weighted by atomic mass is 16.6. The number of hydrogen-bond donors (Lipinski definition) is 1. The summed E-state index contributed by atoms with van der Waals surface area (Å²) in [5, 5.41) is 14.5. The molecule has 4 aromatic rings. The van der Waals surface area contributed by atoms with Crippen molar-refractivity contribution >= 4 is 34.2 Å². The van der Waals surface area contributed by atoms with Crippen LogP contribution in [0.1, 0.15) is 15.9 Å². The van der Waals surface area contributed by atoms with Gasteiger partial charge in [-0.2, -0.15) is 4.98 Å². The standard InChI is InChI=1S/C24H21N5O5/c1-15-13-17(24-27-22-21(34-24)3-2-8-25-22)4-6-18(15)26-23(30)16-5-7-19(20(14-16)29(31)32)28-9-11-33-12-10-28/h2-8,13-14H,9-12H2,1H3,(H,26,30). The Morgan fingerprint density at radius 3 is 2.71 bits per heavy atom. The quantitative estimate of drug-likeness (QED) is 0.348. The smallest absolute Gasteiger partial charge is 0.293 e. The first-order valence-corrected chi connectivity index (χ1v) is 10.7. The molecule has 1 amide bonds. The minimum Gasteiger partial charge on any atom is -0.434 e. The van der Waals surface area contributed by atoms with Crippen molar-refractivity contribution in [1.82, 2.24) is 9.97 Å². The molecule has 10 heteroatoms. The number of nitro groups is 1. The third-order valence-electron chi connectivity index (χ3n) is 5.67. The van der Waals surface area contributed by atoms with Crippen molar-refractivity contribution in [2.75, 3.05) is 36.5 Å². The van der Waals surface area contributed by atoms with E-state index in [0.717, 1.165) is 11.1 Å². The van der Waals surface area contributed by atoms with Crippen molar-refractivity contribution in [3.8, 4) is 11.5 Å². The first-order chi connectivity index (χ1) is 16.5. The normalized spacial score (nSPS) is 13.7. The molecule has 1 N–H and O–H groups in total. The Morgan fingerprint density at radius 1 is 1.15 bits per heavy atom. The molecule has 3 heterocycles. The number of nitro benzene ring substituents is 1. The van der Waals surface area contributed by atoms with E-state index in [1.165, 1.54) is 6.07 Å². The summed E-state index contributed by atoms with van der Waals surface area (Å²) in [6, 6.07) is 13.5. The van der Waals surface area contributed by atoms with Gasteiger partial charge < -0.3 is 19.4 Å². The van der Waals surface area contributed by atoms with Gasteiger partial charge in [-0.05, 0) is 55.0 Å². The number of aryl methyl sites for hydroxylation is 1. The van der Waals surface area contributed by atoms with Crippen LogP contribution in [0.15, 0.2) is 59.1 Å². The number of nitrogens with one attached hydrogen (secondary N) is 1. The topological polar surface area (TPSA) is 124 Å². The lowest BCUT2D eigenvalue weighted by atomic mass is 10.1. The predicted molar refractivity (Wildman–Crippen MR) is 126 cm³/mol. The molecule has 0 unspecified atom stereocenters. The van der Waals surface area contributed by atoms with Gasteiger partial charge in [0.1, 0.15) is 5.69 Å². The summed E-state index contributed by atoms with van der Waals surface area (Å²) >= 11 is 0. The van der Waals surface area contributed by atoms with Gasteiger partial charge in [-0.1, -0.05) is 0 Å². The molecule has 1 saturated heterocycles. The van der Waals surface area contributed by atoms with Gasteiger partial charge in [0.05, 0.1) is 18.1 Å². The molecular formula is C24H21N5O5. The van der Waals surface area contributed by atoms with Crippen LogP contribution in [-0.2, 0) is 4.74 Å². The lowest BCUT2D eigenvalue weighted by Crippen LogP contribution is -2.36. The summed E-state index contributed by atoms with van der Waals surface area (Å²) in [7, 11) is 0. The number of nitrogens with zero attached hydrogens (tertiary/aromatic N) is 4. The maximum atomic E-state index is 12.9. The zero-order chi connectivity index (χ0) is 23.7. The van der Waals surface area contributed by atoms with Crippen LogP contribution in [0.25, 0.3) is 22.7 Å². The van der Waals surface area contributed by atoms with E-state index >= 15 is 0 Å². The van der Waals surface area contributed by atoms with Crippen molar-refractivity contribution in [3.05, 3.63) is 76.0 Å². The minimum absolute atomic E-state index is 0.105. The molecule has 0 radical (unpaired) electrons. The van der Waals surface area contributed by atoms with E-state index in [1.807, 2.05) is 17.9 Å². The average molecular weight is 459 g/mol. The first kappa shape index (κ1) is 21.5. The molecule has 10 nitrogen and oxygen atoms in total. The van der Waals surface area contributed by atoms with E-state index in [0.29, 0.717) is 54.8 Å². The van der Waals surface area contributed by atoms with Crippen molar-refractivity contribution in [1.29, 1.82) is 0 Å². The van der Waals surface area contributed by atoms with Crippen LogP contribution < -0.4 is 10.2 Å². The number of morpholine rings is 1. The number of fused-ring (bicyclic) bond motifs is 1. The molecule has 2 aromatic carbocycles. The highest BCUT2D eigenvalue weighted by molar-refractivity contribution is 6.05. The fourth-order valence-corrected chi connectivity index (χ4v) is 3.91. The number of amides is 1. The number of hydrogen-bond acceptors (Lipinski definition) is 8. The molecule has 1 aliphatic rings. The number of pyridine rings is 1.